The molecule has 0 aliphatic heterocycles. The van der Waals surface area contributed by atoms with Gasteiger partial charge in [-0.25, -0.2) is 9.97 Å². The van der Waals surface area contributed by atoms with E-state index in [-0.39, 0.29) is 5.84 Å². The number of anilines is 1. The van der Waals surface area contributed by atoms with Crippen LogP contribution in [0, 0.1) is 5.41 Å². The highest BCUT2D eigenvalue weighted by Crippen LogP contribution is 2.15. The van der Waals surface area contributed by atoms with Gasteiger partial charge < -0.3 is 10.6 Å². The summed E-state index contributed by atoms with van der Waals surface area (Å²) in [5, 5.41) is 9.28. The molecule has 3 N–H and O–H groups in total. The van der Waals surface area contributed by atoms with Crippen LogP contribution in [0.15, 0.2) is 29.9 Å². The van der Waals surface area contributed by atoms with Crippen LogP contribution >= 0.6 is 11.3 Å². The Morgan fingerprint density at radius 3 is 2.82 bits per heavy atom. The number of aromatic nitrogens is 2. The van der Waals surface area contributed by atoms with E-state index >= 15 is 0 Å². The first-order valence-electron chi connectivity index (χ1n) is 5.07. The maximum atomic E-state index is 7.24. The van der Waals surface area contributed by atoms with Gasteiger partial charge in [0.1, 0.15) is 17.3 Å². The smallest absolute Gasteiger partial charge is 0.147 e. The van der Waals surface area contributed by atoms with Gasteiger partial charge in [0.2, 0.25) is 0 Å². The average Bonchev–Trinajstić information content (AvgIpc) is 2.82. The summed E-state index contributed by atoms with van der Waals surface area (Å²) in [4.78, 5) is 11.6. The van der Waals surface area contributed by atoms with Crippen LogP contribution in [0.2, 0.25) is 0 Å². The predicted octanol–water partition coefficient (Wildman–Crippen LogP) is 1.46. The number of hydrogen-bond acceptors (Lipinski definition) is 5. The average molecular weight is 247 g/mol. The second-order valence-corrected chi connectivity index (χ2v) is 4.64. The topological polar surface area (TPSA) is 78.9 Å². The summed E-state index contributed by atoms with van der Waals surface area (Å²) in [6.45, 7) is 0.797. The van der Waals surface area contributed by atoms with E-state index in [1.165, 1.54) is 11.1 Å². The van der Waals surface area contributed by atoms with Crippen molar-refractivity contribution in [3.63, 3.8) is 0 Å². The lowest BCUT2D eigenvalue weighted by atomic mass is 10.4. The zero-order valence-electron chi connectivity index (χ0n) is 9.42. The lowest BCUT2D eigenvalue weighted by molar-refractivity contribution is 0.902. The van der Waals surface area contributed by atoms with Gasteiger partial charge in [0, 0.05) is 11.9 Å². The van der Waals surface area contributed by atoms with Gasteiger partial charge in [-0.1, -0.05) is 6.07 Å². The van der Waals surface area contributed by atoms with Crippen LogP contribution in [0.3, 0.4) is 0 Å². The normalized spacial score (nSPS) is 10.2. The van der Waals surface area contributed by atoms with Crippen molar-refractivity contribution < 1.29 is 0 Å². The molecule has 5 nitrogen and oxygen atoms in total. The lowest BCUT2D eigenvalue weighted by Crippen LogP contribution is -2.19. The van der Waals surface area contributed by atoms with E-state index in [1.807, 2.05) is 23.4 Å². The van der Waals surface area contributed by atoms with Gasteiger partial charge in [-0.3, -0.25) is 5.41 Å². The Morgan fingerprint density at radius 1 is 1.47 bits per heavy atom. The van der Waals surface area contributed by atoms with Crippen LogP contribution in [0.4, 0.5) is 5.82 Å². The number of nitrogens with zero attached hydrogens (tertiary/aromatic N) is 3. The summed E-state index contributed by atoms with van der Waals surface area (Å²) in [7, 11) is 1.96. The Morgan fingerprint density at radius 2 is 2.29 bits per heavy atom. The van der Waals surface area contributed by atoms with Crippen molar-refractivity contribution in [2.75, 3.05) is 11.9 Å². The van der Waals surface area contributed by atoms with Gasteiger partial charge in [-0.2, -0.15) is 0 Å². The SMILES string of the molecule is CN(Cc1cccs1)c1cnc(C(=N)N)cn1. The van der Waals surface area contributed by atoms with Crippen molar-refractivity contribution in [2.24, 2.45) is 5.73 Å². The second-order valence-electron chi connectivity index (χ2n) is 3.61. The van der Waals surface area contributed by atoms with Gasteiger partial charge in [-0.05, 0) is 11.4 Å². The highest BCUT2D eigenvalue weighted by Gasteiger charge is 2.06. The molecule has 0 aliphatic carbocycles. The number of hydrogen-bond donors (Lipinski definition) is 2. The minimum absolute atomic E-state index is 0.0649. The number of thiophene rings is 1. The van der Waals surface area contributed by atoms with E-state index in [9.17, 15) is 0 Å². The molecule has 2 heterocycles. The van der Waals surface area contributed by atoms with Crippen molar-refractivity contribution >= 4 is 23.0 Å². The molecule has 0 spiro atoms. The molecule has 0 saturated carbocycles. The Kier molecular flexibility index (Phi) is 3.34. The van der Waals surface area contributed by atoms with Crippen LogP contribution in [0.1, 0.15) is 10.6 Å². The highest BCUT2D eigenvalue weighted by molar-refractivity contribution is 7.09. The standard InChI is InChI=1S/C11H13N5S/c1-16(7-8-3-2-4-17-8)10-6-14-9(5-15-10)11(12)13/h2-6H,7H2,1H3,(H3,12,13). The highest BCUT2D eigenvalue weighted by atomic mass is 32.1. The molecule has 0 unspecified atom stereocenters. The first-order valence-corrected chi connectivity index (χ1v) is 5.95. The zero-order valence-corrected chi connectivity index (χ0v) is 10.2. The molecule has 6 heteroatoms. The van der Waals surface area contributed by atoms with Crippen molar-refractivity contribution in [2.45, 2.75) is 6.54 Å². The van der Waals surface area contributed by atoms with Crippen molar-refractivity contribution in [3.05, 3.63) is 40.5 Å². The number of nitrogen functional groups attached to an aromatic ring is 1. The first-order chi connectivity index (χ1) is 8.16. The van der Waals surface area contributed by atoms with Gasteiger partial charge in [0.25, 0.3) is 0 Å². The van der Waals surface area contributed by atoms with Gasteiger partial charge in [0.15, 0.2) is 0 Å². The summed E-state index contributed by atoms with van der Waals surface area (Å²) in [6.07, 6.45) is 3.15. The van der Waals surface area contributed by atoms with E-state index in [1.54, 1.807) is 17.5 Å². The van der Waals surface area contributed by atoms with E-state index < -0.39 is 0 Å². The van der Waals surface area contributed by atoms with E-state index in [0.717, 1.165) is 12.4 Å². The Labute approximate surface area is 103 Å². The molecule has 0 amide bonds. The molecule has 17 heavy (non-hydrogen) atoms. The Balaban J connectivity index is 2.09. The fourth-order valence-corrected chi connectivity index (χ4v) is 2.13. The summed E-state index contributed by atoms with van der Waals surface area (Å²) in [5.74, 6) is 0.702. The molecule has 2 aromatic rings. The molecule has 2 rings (SSSR count). The molecule has 0 saturated heterocycles. The van der Waals surface area contributed by atoms with E-state index in [4.69, 9.17) is 11.1 Å². The fraction of sp³-hybridized carbons (Fsp3) is 0.182. The van der Waals surface area contributed by atoms with E-state index in [0.29, 0.717) is 5.69 Å². The minimum Gasteiger partial charge on any atom is -0.382 e. The molecule has 0 bridgehead atoms. The molecule has 0 atom stereocenters. The van der Waals surface area contributed by atoms with Gasteiger partial charge in [-0.15, -0.1) is 11.3 Å². The Hall–Kier alpha value is -1.95. The molecular weight excluding hydrogens is 234 g/mol. The van der Waals surface area contributed by atoms with Gasteiger partial charge >= 0.3 is 0 Å². The molecule has 0 aromatic carbocycles. The monoisotopic (exact) mass is 247 g/mol. The van der Waals surface area contributed by atoms with E-state index in [2.05, 4.69) is 16.0 Å². The Bertz CT molecular complexity index is 491. The quantitative estimate of drug-likeness (QED) is 0.633. The maximum absolute atomic E-state index is 7.24. The number of nitrogens with one attached hydrogen (secondary N) is 1. The van der Waals surface area contributed by atoms with Crippen molar-refractivity contribution in [1.82, 2.24) is 9.97 Å². The lowest BCUT2D eigenvalue weighted by Gasteiger charge is -2.16. The molecule has 0 aliphatic rings. The minimum atomic E-state index is -0.0649. The third kappa shape index (κ3) is 2.79. The molecule has 2 aromatic heterocycles. The number of rotatable bonds is 4. The van der Waals surface area contributed by atoms with Crippen LogP contribution in [0.25, 0.3) is 0 Å². The third-order valence-electron chi connectivity index (χ3n) is 2.28. The molecule has 88 valence electrons. The van der Waals surface area contributed by atoms with Crippen LogP contribution in [-0.2, 0) is 6.54 Å². The number of nitrogens with two attached hydrogens (primary N) is 1. The predicted molar refractivity (Wildman–Crippen MR) is 69.5 cm³/mol. The van der Waals surface area contributed by atoms with Crippen LogP contribution < -0.4 is 10.6 Å². The van der Waals surface area contributed by atoms with Crippen molar-refractivity contribution in [3.8, 4) is 0 Å². The van der Waals surface area contributed by atoms with Crippen molar-refractivity contribution in [1.29, 1.82) is 5.41 Å². The summed E-state index contributed by atoms with van der Waals surface area (Å²) in [6, 6.07) is 4.11. The molecule has 0 fully saturated rings. The maximum Gasteiger partial charge on any atom is 0.147 e. The molecule has 0 radical (unpaired) electrons. The van der Waals surface area contributed by atoms with Crippen LogP contribution in [0.5, 0.6) is 0 Å². The summed E-state index contributed by atoms with van der Waals surface area (Å²) < 4.78 is 0. The fourth-order valence-electron chi connectivity index (χ4n) is 1.37. The van der Waals surface area contributed by atoms with Crippen LogP contribution in [-0.4, -0.2) is 22.9 Å². The molecular formula is C11H13N5S. The largest absolute Gasteiger partial charge is 0.382 e. The first kappa shape index (κ1) is 11.5. The second kappa shape index (κ2) is 4.92. The third-order valence-corrected chi connectivity index (χ3v) is 3.14. The number of amidine groups is 1. The van der Waals surface area contributed by atoms with Gasteiger partial charge in [0.05, 0.1) is 18.9 Å². The summed E-state index contributed by atoms with van der Waals surface area (Å²) >= 11 is 1.71. The zero-order chi connectivity index (χ0) is 12.3. The summed E-state index contributed by atoms with van der Waals surface area (Å²) in [5.41, 5.74) is 5.72.